The van der Waals surface area contributed by atoms with Crippen LogP contribution in [-0.2, 0) is 12.4 Å². The first-order chi connectivity index (χ1) is 18.9. The summed E-state index contributed by atoms with van der Waals surface area (Å²) in [6.07, 6.45) is -8.65. The number of pyridine rings is 2. The normalized spacial score (nSPS) is 12.5. The van der Waals surface area contributed by atoms with E-state index in [-0.39, 0.29) is 5.75 Å². The van der Waals surface area contributed by atoms with E-state index in [9.17, 15) is 31.4 Å². The Morgan fingerprint density at radius 3 is 2.23 bits per heavy atom. The quantitative estimate of drug-likeness (QED) is 0.223. The van der Waals surface area contributed by atoms with E-state index in [0.717, 1.165) is 21.9 Å². The van der Waals surface area contributed by atoms with Crippen LogP contribution in [0.25, 0.3) is 38.5 Å². The third-order valence-corrected chi connectivity index (χ3v) is 6.52. The van der Waals surface area contributed by atoms with E-state index in [1.54, 1.807) is 18.3 Å². The van der Waals surface area contributed by atoms with Crippen molar-refractivity contribution in [2.75, 3.05) is 0 Å². The van der Waals surface area contributed by atoms with Crippen molar-refractivity contribution in [1.29, 1.82) is 0 Å². The number of halogens is 6. The van der Waals surface area contributed by atoms with Crippen molar-refractivity contribution >= 4 is 32.7 Å². The summed E-state index contributed by atoms with van der Waals surface area (Å²) in [5.41, 5.74) is -1.64. The monoisotopic (exact) mass is 553 g/mol. The summed E-state index contributed by atoms with van der Waals surface area (Å²) in [5.74, 6) is -0.794. The van der Waals surface area contributed by atoms with E-state index >= 15 is 0 Å². The van der Waals surface area contributed by atoms with Gasteiger partial charge in [0.15, 0.2) is 0 Å². The minimum Gasteiger partial charge on any atom is -0.506 e. The third-order valence-electron chi connectivity index (χ3n) is 6.52. The number of fused-ring (bicyclic) bond motifs is 4. The second-order valence-electron chi connectivity index (χ2n) is 9.18. The fourth-order valence-electron chi connectivity index (χ4n) is 4.84. The van der Waals surface area contributed by atoms with Gasteiger partial charge in [-0.15, -0.1) is 0 Å². The number of hydrogen-bond donors (Lipinski definition) is 1. The number of para-hydroxylation sites is 1. The van der Waals surface area contributed by atoms with Crippen molar-refractivity contribution in [2.24, 2.45) is 0 Å². The Labute approximate surface area is 221 Å². The van der Waals surface area contributed by atoms with E-state index < -0.39 is 46.0 Å². The van der Waals surface area contributed by atoms with Crippen LogP contribution in [0, 0.1) is 6.92 Å². The van der Waals surface area contributed by atoms with Crippen molar-refractivity contribution in [3.63, 3.8) is 0 Å². The molecule has 5 nitrogen and oxygen atoms in total. The van der Waals surface area contributed by atoms with Crippen molar-refractivity contribution in [2.45, 2.75) is 19.3 Å². The number of phenolic OH excluding ortho intramolecular Hbond substituents is 1. The first-order valence-electron chi connectivity index (χ1n) is 11.9. The van der Waals surface area contributed by atoms with Crippen molar-refractivity contribution in [3.05, 3.63) is 95.7 Å². The number of aryl methyl sites for hydroxylation is 1. The van der Waals surface area contributed by atoms with Crippen LogP contribution < -0.4 is 4.74 Å². The van der Waals surface area contributed by atoms with Crippen LogP contribution in [0.3, 0.4) is 0 Å². The lowest BCUT2D eigenvalue weighted by molar-refractivity contribution is -0.140. The lowest BCUT2D eigenvalue weighted by atomic mass is 10.0. The lowest BCUT2D eigenvalue weighted by Crippen LogP contribution is -2.13. The fraction of sp³-hybridized carbons (Fsp3) is 0.103. The van der Waals surface area contributed by atoms with Crippen molar-refractivity contribution < 1.29 is 36.2 Å². The number of aromatic hydroxyl groups is 1. The molecular weight excluding hydrogens is 536 g/mol. The Balaban J connectivity index is 1.55. The average molecular weight is 553 g/mol. The predicted molar refractivity (Wildman–Crippen MR) is 137 cm³/mol. The number of nitrogens with zero attached hydrogens (tertiary/aromatic N) is 3. The highest BCUT2D eigenvalue weighted by Gasteiger charge is 2.41. The summed E-state index contributed by atoms with van der Waals surface area (Å²) in [6, 6.07) is 17.6. The van der Waals surface area contributed by atoms with Gasteiger partial charge in [0.1, 0.15) is 22.8 Å². The van der Waals surface area contributed by atoms with Crippen LogP contribution in [0.5, 0.6) is 17.4 Å². The van der Waals surface area contributed by atoms with E-state index in [2.05, 4.69) is 9.97 Å². The molecule has 6 rings (SSSR count). The number of ether oxygens (including phenoxy) is 1. The van der Waals surface area contributed by atoms with E-state index in [4.69, 9.17) is 4.74 Å². The maximum absolute atomic E-state index is 14.0. The zero-order valence-corrected chi connectivity index (χ0v) is 20.5. The predicted octanol–water partition coefficient (Wildman–Crippen LogP) is 8.57. The molecule has 202 valence electrons. The smallest absolute Gasteiger partial charge is 0.417 e. The zero-order chi connectivity index (χ0) is 28.4. The largest absolute Gasteiger partial charge is 0.506 e. The summed E-state index contributed by atoms with van der Waals surface area (Å²) in [5, 5.41) is 10.7. The molecule has 6 aromatic rings. The Kier molecular flexibility index (Phi) is 5.65. The van der Waals surface area contributed by atoms with E-state index in [0.29, 0.717) is 29.5 Å². The van der Waals surface area contributed by atoms with Gasteiger partial charge in [0.2, 0.25) is 5.88 Å². The summed E-state index contributed by atoms with van der Waals surface area (Å²) in [7, 11) is 0. The Morgan fingerprint density at radius 1 is 0.775 bits per heavy atom. The number of aromatic nitrogens is 3. The molecule has 40 heavy (non-hydrogen) atoms. The highest BCUT2D eigenvalue weighted by Crippen LogP contribution is 2.45. The van der Waals surface area contributed by atoms with Crippen LogP contribution in [0.15, 0.2) is 79.0 Å². The number of alkyl halides is 6. The molecule has 3 aromatic heterocycles. The number of benzene rings is 3. The molecule has 0 saturated carbocycles. The van der Waals surface area contributed by atoms with Gasteiger partial charge in [-0.25, -0.2) is 9.97 Å². The third kappa shape index (κ3) is 4.23. The van der Waals surface area contributed by atoms with E-state index in [1.165, 1.54) is 6.07 Å². The zero-order valence-electron chi connectivity index (χ0n) is 20.5. The maximum atomic E-state index is 14.0. The molecule has 0 unspecified atom stereocenters. The molecular formula is C29H17F6N3O2. The maximum Gasteiger partial charge on any atom is 0.417 e. The summed E-state index contributed by atoms with van der Waals surface area (Å²) >= 11 is 0. The summed E-state index contributed by atoms with van der Waals surface area (Å²) in [6.45, 7) is 1.91. The molecule has 1 N–H and O–H groups in total. The molecule has 0 saturated heterocycles. The first-order valence-corrected chi connectivity index (χ1v) is 11.9. The molecule has 0 atom stereocenters. The Morgan fingerprint density at radius 2 is 1.50 bits per heavy atom. The van der Waals surface area contributed by atoms with Gasteiger partial charge >= 0.3 is 12.4 Å². The first kappa shape index (κ1) is 25.5. The Hall–Kier alpha value is -4.80. The highest BCUT2D eigenvalue weighted by molar-refractivity contribution is 6.09. The van der Waals surface area contributed by atoms with Crippen LogP contribution >= 0.6 is 0 Å². The van der Waals surface area contributed by atoms with Gasteiger partial charge < -0.3 is 9.84 Å². The van der Waals surface area contributed by atoms with Crippen LogP contribution in [0.1, 0.15) is 16.7 Å². The van der Waals surface area contributed by atoms with E-state index in [1.807, 2.05) is 47.9 Å². The molecule has 3 heterocycles. The molecule has 0 spiro atoms. The van der Waals surface area contributed by atoms with Gasteiger partial charge in [-0.3, -0.25) is 4.57 Å². The van der Waals surface area contributed by atoms with Gasteiger partial charge in [-0.2, -0.15) is 26.3 Å². The minimum atomic E-state index is -5.19. The van der Waals surface area contributed by atoms with Crippen LogP contribution in [0.2, 0.25) is 0 Å². The lowest BCUT2D eigenvalue weighted by Gasteiger charge is -2.17. The molecule has 0 aliphatic heterocycles. The van der Waals surface area contributed by atoms with Gasteiger partial charge in [-0.1, -0.05) is 18.2 Å². The molecule has 0 amide bonds. The molecule has 11 heteroatoms. The molecule has 0 fully saturated rings. The summed E-state index contributed by atoms with van der Waals surface area (Å²) < 4.78 is 90.3. The minimum absolute atomic E-state index is 0.0793. The topological polar surface area (TPSA) is 60.2 Å². The van der Waals surface area contributed by atoms with Crippen molar-refractivity contribution in [1.82, 2.24) is 14.5 Å². The highest BCUT2D eigenvalue weighted by atomic mass is 19.4. The van der Waals surface area contributed by atoms with Crippen LogP contribution in [0.4, 0.5) is 26.3 Å². The number of phenols is 1. The van der Waals surface area contributed by atoms with Gasteiger partial charge in [0, 0.05) is 34.5 Å². The van der Waals surface area contributed by atoms with Gasteiger partial charge in [0.25, 0.3) is 0 Å². The molecule has 0 radical (unpaired) electrons. The second-order valence-corrected chi connectivity index (χ2v) is 9.18. The molecule has 3 aromatic carbocycles. The number of hydrogen-bond acceptors (Lipinski definition) is 4. The van der Waals surface area contributed by atoms with Gasteiger partial charge in [-0.05, 0) is 55.0 Å². The molecule has 0 bridgehead atoms. The SMILES string of the molecule is Cc1ccnc(-n2c3ccccc3c3ccc(Oc4cc(C(F)(F)F)c5c(C(F)(F)F)ccc(O)c5n4)cc32)c1. The Bertz CT molecular complexity index is 1940. The molecule has 0 aliphatic rings. The van der Waals surface area contributed by atoms with Crippen LogP contribution in [-0.4, -0.2) is 19.6 Å². The number of rotatable bonds is 3. The second kappa shape index (κ2) is 8.87. The average Bonchev–Trinajstić information content (AvgIpc) is 3.21. The fourth-order valence-corrected chi connectivity index (χ4v) is 4.84. The summed E-state index contributed by atoms with van der Waals surface area (Å²) in [4.78, 5) is 8.31. The standard InChI is InChI=1S/C29H17F6N3O2/c1-15-10-11-36-24(12-15)38-21-5-3-2-4-17(21)18-7-6-16(13-22(18)38)40-25-14-20(29(33,34)35)26-19(28(30,31)32)8-9-23(39)27(26)37-25/h2-14,39H,1H3. The van der Waals surface area contributed by atoms with Gasteiger partial charge in [0.05, 0.1) is 22.2 Å². The van der Waals surface area contributed by atoms with Crippen molar-refractivity contribution in [3.8, 4) is 23.2 Å². The molecule has 0 aliphatic carbocycles.